The molecule has 0 aromatic rings. The summed E-state index contributed by atoms with van der Waals surface area (Å²) < 4.78 is 0. The number of likely N-dealkylation sites (tertiary alicyclic amines) is 2. The van der Waals surface area contributed by atoms with Crippen LogP contribution in [0.5, 0.6) is 0 Å². The van der Waals surface area contributed by atoms with Gasteiger partial charge in [0, 0.05) is 25.7 Å². The van der Waals surface area contributed by atoms with Crippen molar-refractivity contribution >= 4 is 0 Å². The molecule has 0 saturated carbocycles. The Balaban J connectivity index is 0.000000531. The lowest BCUT2D eigenvalue weighted by Gasteiger charge is -2.36. The van der Waals surface area contributed by atoms with Crippen LogP contribution < -0.4 is 0 Å². The van der Waals surface area contributed by atoms with Crippen LogP contribution in [0.15, 0.2) is 0 Å². The molecule has 0 N–H and O–H groups in total. The minimum Gasteiger partial charge on any atom is -0.306 e. The highest BCUT2D eigenvalue weighted by Crippen LogP contribution is 2.30. The smallest absolute Gasteiger partial charge is 0.00387 e. The third-order valence-electron chi connectivity index (χ3n) is 3.75. The van der Waals surface area contributed by atoms with Crippen molar-refractivity contribution in [3.05, 3.63) is 0 Å². The Labute approximate surface area is 95.6 Å². The zero-order valence-electron chi connectivity index (χ0n) is 11.2. The molecule has 2 atom stereocenters. The lowest BCUT2D eigenvalue weighted by atomic mass is 9.88. The first kappa shape index (κ1) is 13.0. The van der Waals surface area contributed by atoms with E-state index in [1.54, 1.807) is 0 Å². The standard InChI is InChI=1S/C11H22N2.C2H6/c1-9(2)13-5-4-10-6-12(3)7-11(10)8-13;1-2/h9-11H,4-8H2,1-3H3;1-2H3. The zero-order chi connectivity index (χ0) is 11.4. The maximum atomic E-state index is 2.64. The molecule has 15 heavy (non-hydrogen) atoms. The predicted molar refractivity (Wildman–Crippen MR) is 67.2 cm³/mol. The first-order valence-corrected chi connectivity index (χ1v) is 6.59. The van der Waals surface area contributed by atoms with Gasteiger partial charge in [-0.1, -0.05) is 13.8 Å². The van der Waals surface area contributed by atoms with Crippen molar-refractivity contribution in [3.8, 4) is 0 Å². The maximum Gasteiger partial charge on any atom is 0.00387 e. The Morgan fingerprint density at radius 1 is 1.00 bits per heavy atom. The van der Waals surface area contributed by atoms with Gasteiger partial charge in [-0.3, -0.25) is 0 Å². The van der Waals surface area contributed by atoms with Gasteiger partial charge in [0.15, 0.2) is 0 Å². The van der Waals surface area contributed by atoms with E-state index >= 15 is 0 Å². The van der Waals surface area contributed by atoms with Crippen LogP contribution in [-0.4, -0.2) is 49.1 Å². The first-order chi connectivity index (χ1) is 7.16. The molecule has 0 aromatic carbocycles. The molecule has 2 unspecified atom stereocenters. The van der Waals surface area contributed by atoms with Crippen molar-refractivity contribution in [1.29, 1.82) is 0 Å². The molecular formula is C13H28N2. The van der Waals surface area contributed by atoms with Gasteiger partial charge in [0.1, 0.15) is 0 Å². The monoisotopic (exact) mass is 212 g/mol. The van der Waals surface area contributed by atoms with E-state index in [2.05, 4.69) is 30.7 Å². The van der Waals surface area contributed by atoms with Gasteiger partial charge in [0.05, 0.1) is 0 Å². The summed E-state index contributed by atoms with van der Waals surface area (Å²) in [5.41, 5.74) is 0. The lowest BCUT2D eigenvalue weighted by Crippen LogP contribution is -2.43. The fourth-order valence-corrected chi connectivity index (χ4v) is 2.90. The van der Waals surface area contributed by atoms with E-state index in [1.807, 2.05) is 13.8 Å². The topological polar surface area (TPSA) is 6.48 Å². The van der Waals surface area contributed by atoms with E-state index in [-0.39, 0.29) is 0 Å². The van der Waals surface area contributed by atoms with Crippen molar-refractivity contribution in [1.82, 2.24) is 9.80 Å². The number of nitrogens with zero attached hydrogens (tertiary/aromatic N) is 2. The number of hydrogen-bond donors (Lipinski definition) is 0. The van der Waals surface area contributed by atoms with Crippen molar-refractivity contribution in [2.75, 3.05) is 33.2 Å². The summed E-state index contributed by atoms with van der Waals surface area (Å²) in [4.78, 5) is 5.14. The highest BCUT2D eigenvalue weighted by molar-refractivity contribution is 4.89. The molecular weight excluding hydrogens is 184 g/mol. The summed E-state index contributed by atoms with van der Waals surface area (Å²) in [7, 11) is 2.26. The summed E-state index contributed by atoms with van der Waals surface area (Å²) in [6, 6.07) is 0.742. The molecule has 2 nitrogen and oxygen atoms in total. The average Bonchev–Trinajstić information content (AvgIpc) is 2.59. The van der Waals surface area contributed by atoms with Crippen LogP contribution in [0.2, 0.25) is 0 Å². The van der Waals surface area contributed by atoms with Gasteiger partial charge in [0.25, 0.3) is 0 Å². The van der Waals surface area contributed by atoms with Crippen LogP contribution in [-0.2, 0) is 0 Å². The van der Waals surface area contributed by atoms with Crippen molar-refractivity contribution in [3.63, 3.8) is 0 Å². The normalized spacial score (nSPS) is 32.4. The largest absolute Gasteiger partial charge is 0.306 e. The van der Waals surface area contributed by atoms with Crippen LogP contribution >= 0.6 is 0 Å². The molecule has 90 valence electrons. The number of rotatable bonds is 1. The van der Waals surface area contributed by atoms with Gasteiger partial charge in [-0.15, -0.1) is 0 Å². The summed E-state index contributed by atoms with van der Waals surface area (Å²) in [5, 5.41) is 0. The summed E-state index contributed by atoms with van der Waals surface area (Å²) >= 11 is 0. The van der Waals surface area contributed by atoms with Crippen LogP contribution in [0, 0.1) is 11.8 Å². The summed E-state index contributed by atoms with van der Waals surface area (Å²) in [5.74, 6) is 1.96. The second-order valence-corrected chi connectivity index (χ2v) is 5.12. The Bertz CT molecular complexity index is 179. The van der Waals surface area contributed by atoms with Gasteiger partial charge in [-0.2, -0.15) is 0 Å². The molecule has 2 saturated heterocycles. The molecule has 0 radical (unpaired) electrons. The van der Waals surface area contributed by atoms with E-state index < -0.39 is 0 Å². The number of piperidine rings is 1. The van der Waals surface area contributed by atoms with Crippen molar-refractivity contribution < 1.29 is 0 Å². The van der Waals surface area contributed by atoms with Gasteiger partial charge in [-0.25, -0.2) is 0 Å². The Morgan fingerprint density at radius 2 is 1.60 bits per heavy atom. The van der Waals surface area contributed by atoms with Gasteiger partial charge >= 0.3 is 0 Å². The fraction of sp³-hybridized carbons (Fsp3) is 1.00. The quantitative estimate of drug-likeness (QED) is 0.658. The zero-order valence-corrected chi connectivity index (χ0v) is 11.2. The summed E-state index contributed by atoms with van der Waals surface area (Å²) in [6.07, 6.45) is 1.42. The van der Waals surface area contributed by atoms with Crippen molar-refractivity contribution in [2.45, 2.75) is 40.2 Å². The second-order valence-electron chi connectivity index (χ2n) is 5.12. The Kier molecular flexibility index (Phi) is 5.07. The summed E-state index contributed by atoms with van der Waals surface area (Å²) in [6.45, 7) is 14.0. The highest BCUT2D eigenvalue weighted by Gasteiger charge is 2.35. The van der Waals surface area contributed by atoms with Gasteiger partial charge in [0.2, 0.25) is 0 Å². The molecule has 2 rings (SSSR count). The molecule has 2 heterocycles. The van der Waals surface area contributed by atoms with E-state index in [1.165, 1.54) is 32.6 Å². The molecule has 2 aliphatic heterocycles. The van der Waals surface area contributed by atoms with Crippen LogP contribution in [0.3, 0.4) is 0 Å². The fourth-order valence-electron chi connectivity index (χ4n) is 2.90. The first-order valence-electron chi connectivity index (χ1n) is 6.59. The highest BCUT2D eigenvalue weighted by atomic mass is 15.2. The second kappa shape index (κ2) is 5.86. The Hall–Kier alpha value is -0.0800. The maximum absolute atomic E-state index is 2.64. The van der Waals surface area contributed by atoms with E-state index in [9.17, 15) is 0 Å². The molecule has 2 heteroatoms. The molecule has 0 aliphatic carbocycles. The molecule has 2 fully saturated rings. The van der Waals surface area contributed by atoms with Crippen LogP contribution in [0.25, 0.3) is 0 Å². The van der Waals surface area contributed by atoms with Gasteiger partial charge < -0.3 is 9.80 Å². The molecule has 2 aliphatic rings. The van der Waals surface area contributed by atoms with E-state index in [4.69, 9.17) is 0 Å². The van der Waals surface area contributed by atoms with E-state index in [0.29, 0.717) is 0 Å². The third kappa shape index (κ3) is 3.18. The minimum atomic E-state index is 0.742. The molecule has 0 amide bonds. The third-order valence-corrected chi connectivity index (χ3v) is 3.75. The SMILES string of the molecule is CC.CC(C)N1CCC2CN(C)CC2C1. The van der Waals surface area contributed by atoms with Crippen LogP contribution in [0.4, 0.5) is 0 Å². The Morgan fingerprint density at radius 3 is 2.20 bits per heavy atom. The molecule has 0 aromatic heterocycles. The molecule has 0 bridgehead atoms. The predicted octanol–water partition coefficient (Wildman–Crippen LogP) is 2.30. The number of hydrogen-bond acceptors (Lipinski definition) is 2. The van der Waals surface area contributed by atoms with Gasteiger partial charge in [-0.05, 0) is 45.7 Å². The lowest BCUT2D eigenvalue weighted by molar-refractivity contribution is 0.118. The average molecular weight is 212 g/mol. The number of fused-ring (bicyclic) bond motifs is 1. The van der Waals surface area contributed by atoms with E-state index in [0.717, 1.165) is 17.9 Å². The van der Waals surface area contributed by atoms with Crippen molar-refractivity contribution in [2.24, 2.45) is 11.8 Å². The molecule has 0 spiro atoms. The van der Waals surface area contributed by atoms with Crippen LogP contribution in [0.1, 0.15) is 34.1 Å². The minimum absolute atomic E-state index is 0.742.